The lowest BCUT2D eigenvalue weighted by Crippen LogP contribution is -2.16. The third-order valence-electron chi connectivity index (χ3n) is 2.43. The molecule has 1 heterocycles. The van der Waals surface area contributed by atoms with Crippen molar-refractivity contribution in [2.45, 2.75) is 20.4 Å². The molecule has 4 nitrogen and oxygen atoms in total. The van der Waals surface area contributed by atoms with Gasteiger partial charge in [0.15, 0.2) is 0 Å². The first kappa shape index (κ1) is 10.8. The molecule has 84 valence electrons. The van der Waals surface area contributed by atoms with Crippen LogP contribution < -0.4 is 5.32 Å². The molecule has 0 fully saturated rings. The van der Waals surface area contributed by atoms with Crippen LogP contribution in [0.4, 0.5) is 0 Å². The van der Waals surface area contributed by atoms with E-state index >= 15 is 0 Å². The highest BCUT2D eigenvalue weighted by Crippen LogP contribution is 2.09. The van der Waals surface area contributed by atoms with Crippen molar-refractivity contribution in [2.75, 3.05) is 6.54 Å². The number of benzene rings is 1. The van der Waals surface area contributed by atoms with E-state index in [0.29, 0.717) is 0 Å². The quantitative estimate of drug-likeness (QED) is 0.845. The van der Waals surface area contributed by atoms with Gasteiger partial charge in [0.2, 0.25) is 0 Å². The van der Waals surface area contributed by atoms with Gasteiger partial charge in [0, 0.05) is 0 Å². The summed E-state index contributed by atoms with van der Waals surface area (Å²) in [5.41, 5.74) is 2.30. The zero-order chi connectivity index (χ0) is 11.4. The van der Waals surface area contributed by atoms with E-state index in [4.69, 9.17) is 0 Å². The molecule has 4 heteroatoms. The SMILES string of the molecule is CCNCc1ncnn1-c1ccc(C)cc1. The van der Waals surface area contributed by atoms with Crippen molar-refractivity contribution in [3.63, 3.8) is 0 Å². The van der Waals surface area contributed by atoms with Gasteiger partial charge in [-0.25, -0.2) is 9.67 Å². The van der Waals surface area contributed by atoms with Crippen LogP contribution in [0.1, 0.15) is 18.3 Å². The molecule has 0 unspecified atom stereocenters. The van der Waals surface area contributed by atoms with E-state index in [-0.39, 0.29) is 0 Å². The first-order valence-electron chi connectivity index (χ1n) is 5.48. The van der Waals surface area contributed by atoms with Crippen LogP contribution in [0.5, 0.6) is 0 Å². The summed E-state index contributed by atoms with van der Waals surface area (Å²) in [6.07, 6.45) is 1.59. The molecular formula is C12H16N4. The Bertz CT molecular complexity index is 444. The van der Waals surface area contributed by atoms with Gasteiger partial charge in [-0.1, -0.05) is 24.6 Å². The summed E-state index contributed by atoms with van der Waals surface area (Å²) >= 11 is 0. The Morgan fingerprint density at radius 2 is 2.00 bits per heavy atom. The predicted octanol–water partition coefficient (Wildman–Crippen LogP) is 1.69. The number of nitrogens with one attached hydrogen (secondary N) is 1. The highest BCUT2D eigenvalue weighted by atomic mass is 15.3. The summed E-state index contributed by atoms with van der Waals surface area (Å²) in [7, 11) is 0. The largest absolute Gasteiger partial charge is 0.310 e. The zero-order valence-corrected chi connectivity index (χ0v) is 9.64. The molecule has 0 atom stereocenters. The molecule has 0 amide bonds. The van der Waals surface area contributed by atoms with E-state index in [0.717, 1.165) is 24.6 Å². The van der Waals surface area contributed by atoms with Gasteiger partial charge in [0.1, 0.15) is 12.2 Å². The maximum Gasteiger partial charge on any atom is 0.146 e. The van der Waals surface area contributed by atoms with Crippen LogP contribution in [0.3, 0.4) is 0 Å². The highest BCUT2D eigenvalue weighted by Gasteiger charge is 2.04. The molecule has 0 bridgehead atoms. The van der Waals surface area contributed by atoms with E-state index in [1.165, 1.54) is 5.56 Å². The first-order chi connectivity index (χ1) is 7.81. The molecule has 1 aromatic heterocycles. The van der Waals surface area contributed by atoms with Crippen molar-refractivity contribution in [3.8, 4) is 5.69 Å². The van der Waals surface area contributed by atoms with Crippen molar-refractivity contribution in [1.29, 1.82) is 0 Å². The minimum absolute atomic E-state index is 0.740. The maximum absolute atomic E-state index is 4.24. The Kier molecular flexibility index (Phi) is 3.31. The fourth-order valence-electron chi connectivity index (χ4n) is 1.52. The lowest BCUT2D eigenvalue weighted by atomic mass is 10.2. The summed E-state index contributed by atoms with van der Waals surface area (Å²) in [4.78, 5) is 4.24. The Morgan fingerprint density at radius 3 is 2.69 bits per heavy atom. The molecule has 0 aliphatic heterocycles. The van der Waals surface area contributed by atoms with Crippen LogP contribution in [0, 0.1) is 6.92 Å². The molecule has 1 N–H and O–H groups in total. The van der Waals surface area contributed by atoms with Gasteiger partial charge < -0.3 is 5.32 Å². The Balaban J connectivity index is 2.26. The average molecular weight is 216 g/mol. The van der Waals surface area contributed by atoms with Crippen LogP contribution in [0.25, 0.3) is 5.69 Å². The lowest BCUT2D eigenvalue weighted by molar-refractivity contribution is 0.664. The van der Waals surface area contributed by atoms with Crippen LogP contribution in [0.15, 0.2) is 30.6 Å². The normalized spacial score (nSPS) is 10.6. The second kappa shape index (κ2) is 4.90. The molecule has 0 aliphatic carbocycles. The first-order valence-corrected chi connectivity index (χ1v) is 5.48. The van der Waals surface area contributed by atoms with Crippen molar-refractivity contribution in [3.05, 3.63) is 42.0 Å². The van der Waals surface area contributed by atoms with Gasteiger partial charge in [0.25, 0.3) is 0 Å². The number of aromatic nitrogens is 3. The summed E-state index contributed by atoms with van der Waals surface area (Å²) in [6, 6.07) is 8.26. The summed E-state index contributed by atoms with van der Waals surface area (Å²) in [5.74, 6) is 0.936. The molecule has 1 aromatic carbocycles. The van der Waals surface area contributed by atoms with Gasteiger partial charge in [-0.3, -0.25) is 0 Å². The summed E-state index contributed by atoms with van der Waals surface area (Å²) < 4.78 is 1.86. The van der Waals surface area contributed by atoms with Gasteiger partial charge in [-0.2, -0.15) is 5.10 Å². The van der Waals surface area contributed by atoms with Gasteiger partial charge in [-0.05, 0) is 25.6 Å². The monoisotopic (exact) mass is 216 g/mol. The van der Waals surface area contributed by atoms with Gasteiger partial charge >= 0.3 is 0 Å². The topological polar surface area (TPSA) is 42.7 Å². The molecule has 2 rings (SSSR count). The molecule has 0 aliphatic rings. The lowest BCUT2D eigenvalue weighted by Gasteiger charge is -2.06. The zero-order valence-electron chi connectivity index (χ0n) is 9.64. The molecule has 0 saturated heterocycles. The molecule has 0 spiro atoms. The Labute approximate surface area is 95.3 Å². The number of hydrogen-bond acceptors (Lipinski definition) is 3. The second-order valence-corrected chi connectivity index (χ2v) is 3.70. The minimum atomic E-state index is 0.740. The third-order valence-corrected chi connectivity index (χ3v) is 2.43. The van der Waals surface area contributed by atoms with E-state index in [1.807, 2.05) is 4.68 Å². The molecule has 16 heavy (non-hydrogen) atoms. The molecule has 0 radical (unpaired) electrons. The van der Waals surface area contributed by atoms with Crippen molar-refractivity contribution in [2.24, 2.45) is 0 Å². The van der Waals surface area contributed by atoms with Gasteiger partial charge in [-0.15, -0.1) is 0 Å². The van der Waals surface area contributed by atoms with Crippen molar-refractivity contribution < 1.29 is 0 Å². The number of nitrogens with zero attached hydrogens (tertiary/aromatic N) is 3. The van der Waals surface area contributed by atoms with E-state index in [9.17, 15) is 0 Å². The van der Waals surface area contributed by atoms with E-state index in [2.05, 4.69) is 53.5 Å². The number of rotatable bonds is 4. The predicted molar refractivity (Wildman–Crippen MR) is 63.5 cm³/mol. The Morgan fingerprint density at radius 1 is 1.25 bits per heavy atom. The molecular weight excluding hydrogens is 200 g/mol. The third kappa shape index (κ3) is 2.28. The minimum Gasteiger partial charge on any atom is -0.310 e. The number of hydrogen-bond donors (Lipinski definition) is 1. The van der Waals surface area contributed by atoms with E-state index in [1.54, 1.807) is 6.33 Å². The van der Waals surface area contributed by atoms with Crippen molar-refractivity contribution in [1.82, 2.24) is 20.1 Å². The second-order valence-electron chi connectivity index (χ2n) is 3.70. The number of aryl methyl sites for hydroxylation is 1. The van der Waals surface area contributed by atoms with Crippen LogP contribution in [-0.2, 0) is 6.54 Å². The standard InChI is InChI=1S/C12H16N4/c1-3-13-8-12-14-9-15-16(12)11-6-4-10(2)5-7-11/h4-7,9,13H,3,8H2,1-2H3. The highest BCUT2D eigenvalue weighted by molar-refractivity contribution is 5.33. The van der Waals surface area contributed by atoms with Crippen molar-refractivity contribution >= 4 is 0 Å². The van der Waals surface area contributed by atoms with Crippen LogP contribution in [0.2, 0.25) is 0 Å². The maximum atomic E-state index is 4.24. The van der Waals surface area contributed by atoms with Gasteiger partial charge in [0.05, 0.1) is 12.2 Å². The molecule has 2 aromatic rings. The van der Waals surface area contributed by atoms with E-state index < -0.39 is 0 Å². The smallest absolute Gasteiger partial charge is 0.146 e. The molecule has 0 saturated carbocycles. The van der Waals surface area contributed by atoms with Crippen LogP contribution in [-0.4, -0.2) is 21.3 Å². The van der Waals surface area contributed by atoms with Crippen LogP contribution >= 0.6 is 0 Å². The Hall–Kier alpha value is -1.68. The average Bonchev–Trinajstić information content (AvgIpc) is 2.75. The fourth-order valence-corrected chi connectivity index (χ4v) is 1.52. The summed E-state index contributed by atoms with van der Waals surface area (Å²) in [6.45, 7) is 5.82. The summed E-state index contributed by atoms with van der Waals surface area (Å²) in [5, 5.41) is 7.48. The fraction of sp³-hybridized carbons (Fsp3) is 0.333.